The van der Waals surface area contributed by atoms with Gasteiger partial charge in [0.2, 0.25) is 11.8 Å². The van der Waals surface area contributed by atoms with Gasteiger partial charge in [0.05, 0.1) is 54.2 Å². The highest BCUT2D eigenvalue weighted by atomic mass is 32.1. The Hall–Kier alpha value is -8.11. The topological polar surface area (TPSA) is 232 Å². The largest absolute Gasteiger partial charge is 0.491 e. The molecule has 71 heavy (non-hydrogen) atoms. The Bertz CT molecular complexity index is 3050. The molecule has 0 aliphatic carbocycles. The number of para-hydroxylation sites is 1. The smallest absolute Gasteiger partial charge is 0.329 e. The summed E-state index contributed by atoms with van der Waals surface area (Å²) in [5, 5.41) is 18.0. The van der Waals surface area contributed by atoms with E-state index in [1.165, 1.54) is 24.5 Å². The van der Waals surface area contributed by atoms with Gasteiger partial charge in [-0.3, -0.25) is 19.3 Å². The minimum atomic E-state index is -2.19. The zero-order valence-electron chi connectivity index (χ0n) is 38.7. The van der Waals surface area contributed by atoms with Crippen molar-refractivity contribution < 1.29 is 48.1 Å². The van der Waals surface area contributed by atoms with Crippen LogP contribution in [-0.2, 0) is 34.1 Å². The van der Waals surface area contributed by atoms with E-state index >= 15 is 19.2 Å². The van der Waals surface area contributed by atoms with Gasteiger partial charge in [-0.25, -0.2) is 24.3 Å². The number of morpholine rings is 1. The Kier molecular flexibility index (Phi) is 13.6. The standard InChI is InChI=1S/C53H49N7O10S/c1-30(2)41(47(63)68-3)57-52(67)59-38-25-20-31(13-12-26-55-50(54)66)29-36(38)53(49(59)65)40(46(62)58-51-56-37-18-10-11-19-39(37)71-51)43-48(64)70-44(33-16-8-5-9-17-33)42(32-14-6-4-7-15-32)60(43)45(53)34-21-23-35(24-22-34)69-28-27-61/h4-11,14-25,29-30,40-45,61H,26-28H2,1-3H3,(H,57,67)(H3,54,55,66)(H,56,58,62)/t40-,41-,42-,43-,44+,45+,53-/m0/s1. The van der Waals surface area contributed by atoms with Gasteiger partial charge >= 0.3 is 24.0 Å². The van der Waals surface area contributed by atoms with Gasteiger partial charge in [-0.1, -0.05) is 122 Å². The molecule has 6 aromatic rings. The Labute approximate surface area is 412 Å². The lowest BCUT2D eigenvalue weighted by Crippen LogP contribution is -2.57. The Morgan fingerprint density at radius 1 is 0.887 bits per heavy atom. The van der Waals surface area contributed by atoms with Crippen LogP contribution in [0.25, 0.3) is 10.2 Å². The second kappa shape index (κ2) is 20.1. The second-order valence-corrected chi connectivity index (χ2v) is 18.5. The number of nitrogens with one attached hydrogen (secondary N) is 3. The zero-order chi connectivity index (χ0) is 50.0. The maximum Gasteiger partial charge on any atom is 0.329 e. The number of fused-ring (bicyclic) bond motifs is 4. The van der Waals surface area contributed by atoms with E-state index in [-0.39, 0.29) is 36.1 Å². The van der Waals surface area contributed by atoms with Crippen LogP contribution in [0, 0.1) is 23.7 Å². The lowest BCUT2D eigenvalue weighted by atomic mass is 9.65. The van der Waals surface area contributed by atoms with Crippen molar-refractivity contribution >= 4 is 68.2 Å². The number of methoxy groups -OCH3 is 1. The normalized spacial score (nSPS) is 21.6. The summed E-state index contributed by atoms with van der Waals surface area (Å²) >= 11 is 1.20. The van der Waals surface area contributed by atoms with E-state index in [2.05, 4.69) is 27.8 Å². The fraction of sp³-hybridized carbons (Fsp3) is 0.264. The highest BCUT2D eigenvalue weighted by Crippen LogP contribution is 2.66. The van der Waals surface area contributed by atoms with Crippen LogP contribution in [-0.4, -0.2) is 89.8 Å². The molecule has 0 saturated carbocycles. The number of rotatable bonds is 12. The van der Waals surface area contributed by atoms with Gasteiger partial charge in [-0.2, -0.15) is 0 Å². The van der Waals surface area contributed by atoms with Gasteiger partial charge in [0.25, 0.3) is 0 Å². The lowest BCUT2D eigenvalue weighted by Gasteiger charge is -2.46. The Morgan fingerprint density at radius 2 is 1.58 bits per heavy atom. The number of urea groups is 2. The molecule has 2 saturated heterocycles. The number of primary amides is 1. The molecule has 3 aliphatic heterocycles. The third-order valence-electron chi connectivity index (χ3n) is 13.0. The summed E-state index contributed by atoms with van der Waals surface area (Å²) in [7, 11) is 1.19. The number of aliphatic hydroxyl groups is 1. The number of aliphatic hydroxyl groups excluding tert-OH is 1. The molecule has 1 aromatic heterocycles. The average molecular weight is 976 g/mol. The van der Waals surface area contributed by atoms with Gasteiger partial charge < -0.3 is 41.0 Å². The summed E-state index contributed by atoms with van der Waals surface area (Å²) in [6, 6.07) is 30.7. The Morgan fingerprint density at radius 3 is 2.24 bits per heavy atom. The summed E-state index contributed by atoms with van der Waals surface area (Å²) in [6.45, 7) is 3.03. The number of esters is 2. The number of carbonyl (C=O) groups excluding carboxylic acids is 6. The minimum absolute atomic E-state index is 0.00669. The van der Waals surface area contributed by atoms with E-state index in [4.69, 9.17) is 24.9 Å². The first kappa shape index (κ1) is 47.9. The van der Waals surface area contributed by atoms with Crippen LogP contribution < -0.4 is 31.3 Å². The van der Waals surface area contributed by atoms with Crippen molar-refractivity contribution in [3.63, 3.8) is 0 Å². The highest BCUT2D eigenvalue weighted by molar-refractivity contribution is 7.22. The quantitative estimate of drug-likeness (QED) is 0.0713. The molecule has 9 rings (SSSR count). The number of hydrogen-bond acceptors (Lipinski definition) is 13. The highest BCUT2D eigenvalue weighted by Gasteiger charge is 2.75. The number of aromatic nitrogens is 1. The molecule has 5 aromatic carbocycles. The van der Waals surface area contributed by atoms with Crippen LogP contribution in [0.4, 0.5) is 20.4 Å². The number of ether oxygens (including phenoxy) is 3. The van der Waals surface area contributed by atoms with E-state index in [9.17, 15) is 14.7 Å². The number of nitrogens with two attached hydrogens (primary N) is 1. The molecule has 1 spiro atoms. The molecule has 17 nitrogen and oxygen atoms in total. The molecule has 0 unspecified atom stereocenters. The second-order valence-electron chi connectivity index (χ2n) is 17.5. The van der Waals surface area contributed by atoms with Crippen LogP contribution in [0.1, 0.15) is 59.9 Å². The molecule has 0 bridgehead atoms. The first-order valence-electron chi connectivity index (χ1n) is 22.8. The van der Waals surface area contributed by atoms with Crippen molar-refractivity contribution in [1.29, 1.82) is 0 Å². The van der Waals surface area contributed by atoms with E-state index < -0.39 is 83.3 Å². The van der Waals surface area contributed by atoms with Crippen LogP contribution in [0.3, 0.4) is 0 Å². The summed E-state index contributed by atoms with van der Waals surface area (Å²) in [6.07, 6.45) is -0.989. The predicted molar refractivity (Wildman–Crippen MR) is 263 cm³/mol. The number of nitrogens with zero attached hydrogens (tertiary/aromatic N) is 3. The number of carbonyl (C=O) groups is 6. The molecule has 2 fully saturated rings. The van der Waals surface area contributed by atoms with Gasteiger partial charge in [-0.15, -0.1) is 0 Å². The summed E-state index contributed by atoms with van der Waals surface area (Å²) in [5.74, 6) is 0.880. The number of anilines is 2. The summed E-state index contributed by atoms with van der Waals surface area (Å²) < 4.78 is 18.2. The third kappa shape index (κ3) is 8.79. The molecular weight excluding hydrogens is 927 g/mol. The third-order valence-corrected chi connectivity index (χ3v) is 14.0. The molecule has 6 amide bonds. The number of hydrogen-bond donors (Lipinski definition) is 5. The SMILES string of the molecule is COC(=O)[C@@H](NC(=O)N1C(=O)[C@@]2(c3cc(C#CCNC(N)=O)ccc31)[C@H](C(=O)Nc1nc3ccccc3s1)[C@H]1C(=O)O[C@H](c3ccccc3)[C@H](c3ccccc3)N1[C@@H]2c1ccc(OCCO)cc1)C(C)C. The molecular formula is C53H49N7O10S. The van der Waals surface area contributed by atoms with Gasteiger partial charge in [0.15, 0.2) is 5.13 Å². The van der Waals surface area contributed by atoms with Crippen LogP contribution in [0.15, 0.2) is 127 Å². The maximum absolute atomic E-state index is 16.6. The minimum Gasteiger partial charge on any atom is -0.491 e. The van der Waals surface area contributed by atoms with Crippen LogP contribution in [0.5, 0.6) is 5.75 Å². The van der Waals surface area contributed by atoms with Crippen molar-refractivity contribution in [2.24, 2.45) is 17.6 Å². The lowest BCUT2D eigenvalue weighted by molar-refractivity contribution is -0.177. The number of cyclic esters (lactones) is 1. The van der Waals surface area contributed by atoms with E-state index in [1.54, 1.807) is 56.3 Å². The van der Waals surface area contributed by atoms with E-state index in [0.717, 1.165) is 9.60 Å². The molecule has 0 radical (unpaired) electrons. The Balaban J connectivity index is 1.35. The summed E-state index contributed by atoms with van der Waals surface area (Å²) in [4.78, 5) is 95.4. The monoisotopic (exact) mass is 975 g/mol. The number of thiazole rings is 1. The molecule has 18 heteroatoms. The van der Waals surface area contributed by atoms with Crippen molar-refractivity contribution in [3.8, 4) is 17.6 Å². The fourth-order valence-electron chi connectivity index (χ4n) is 10.1. The fourth-order valence-corrected chi connectivity index (χ4v) is 11.0. The molecule has 6 N–H and O–H groups in total. The van der Waals surface area contributed by atoms with Gasteiger partial charge in [-0.05, 0) is 70.6 Å². The maximum atomic E-state index is 16.6. The molecule has 7 atom stereocenters. The van der Waals surface area contributed by atoms with Crippen molar-refractivity contribution in [1.82, 2.24) is 20.5 Å². The predicted octanol–water partition coefficient (Wildman–Crippen LogP) is 5.90. The van der Waals surface area contributed by atoms with Crippen LogP contribution in [0.2, 0.25) is 0 Å². The number of imide groups is 1. The van der Waals surface area contributed by atoms with Crippen LogP contribution >= 0.6 is 11.3 Å². The van der Waals surface area contributed by atoms with Gasteiger partial charge in [0.1, 0.15) is 36.0 Å². The zero-order valence-corrected chi connectivity index (χ0v) is 39.6. The molecule has 362 valence electrons. The first-order chi connectivity index (χ1) is 34.4. The van der Waals surface area contributed by atoms with E-state index in [0.29, 0.717) is 33.5 Å². The van der Waals surface area contributed by atoms with E-state index in [1.807, 2.05) is 83.8 Å². The number of amides is 6. The van der Waals surface area contributed by atoms with Crippen molar-refractivity contribution in [3.05, 3.63) is 155 Å². The molecule has 4 heterocycles. The summed E-state index contributed by atoms with van der Waals surface area (Å²) in [5.41, 5.74) is 6.05. The average Bonchev–Trinajstić information content (AvgIpc) is 4.02. The molecule has 3 aliphatic rings. The van der Waals surface area contributed by atoms with Crippen molar-refractivity contribution in [2.75, 3.05) is 37.1 Å². The first-order valence-corrected chi connectivity index (χ1v) is 23.7. The van der Waals surface area contributed by atoms with Gasteiger partial charge in [0, 0.05) is 5.56 Å². The number of benzene rings is 5. The van der Waals surface area contributed by atoms with Crippen molar-refractivity contribution in [2.45, 2.75) is 49.5 Å².